The molecule has 1 aliphatic rings. The zero-order valence-corrected chi connectivity index (χ0v) is 22.7. The Hall–Kier alpha value is -4.05. The Morgan fingerprint density at radius 1 is 0.921 bits per heavy atom. The fourth-order valence-corrected chi connectivity index (χ4v) is 4.99. The van der Waals surface area contributed by atoms with Crippen molar-refractivity contribution in [2.45, 2.75) is 13.8 Å². The molecular formula is C28H33N5O4S. The van der Waals surface area contributed by atoms with Gasteiger partial charge in [0.05, 0.1) is 17.6 Å². The molecule has 0 atom stereocenters. The number of methoxy groups -OCH3 is 1. The van der Waals surface area contributed by atoms with Crippen molar-refractivity contribution in [3.05, 3.63) is 70.4 Å². The van der Waals surface area contributed by atoms with Gasteiger partial charge < -0.3 is 30.1 Å². The fraction of sp³-hybridized carbons (Fsp3) is 0.321. The summed E-state index contributed by atoms with van der Waals surface area (Å²) in [4.78, 5) is 45.1. The Morgan fingerprint density at radius 2 is 1.61 bits per heavy atom. The van der Waals surface area contributed by atoms with Gasteiger partial charge in [0.15, 0.2) is 0 Å². The van der Waals surface area contributed by atoms with E-state index in [2.05, 4.69) is 15.5 Å². The number of ether oxygens (including phenoxy) is 1. The van der Waals surface area contributed by atoms with E-state index in [-0.39, 0.29) is 17.8 Å². The normalized spacial score (nSPS) is 13.1. The Bertz CT molecular complexity index is 1250. The number of nitrogens with zero attached hydrogens (tertiary/aromatic N) is 3. The first kappa shape index (κ1) is 27.0. The van der Waals surface area contributed by atoms with E-state index in [0.717, 1.165) is 11.4 Å². The topological polar surface area (TPSA) is 94.2 Å². The van der Waals surface area contributed by atoms with Crippen LogP contribution >= 0.6 is 11.3 Å². The van der Waals surface area contributed by atoms with Gasteiger partial charge in [0.1, 0.15) is 5.75 Å². The van der Waals surface area contributed by atoms with Crippen LogP contribution < -0.4 is 20.3 Å². The molecule has 1 fully saturated rings. The Balaban J connectivity index is 1.47. The van der Waals surface area contributed by atoms with E-state index in [9.17, 15) is 14.4 Å². The molecule has 38 heavy (non-hydrogen) atoms. The first-order valence-electron chi connectivity index (χ1n) is 12.7. The minimum atomic E-state index is -0.203. The van der Waals surface area contributed by atoms with Crippen molar-refractivity contribution in [1.82, 2.24) is 9.80 Å². The third-order valence-electron chi connectivity index (χ3n) is 6.53. The summed E-state index contributed by atoms with van der Waals surface area (Å²) in [5, 5.41) is 7.69. The van der Waals surface area contributed by atoms with Gasteiger partial charge in [-0.05, 0) is 67.8 Å². The van der Waals surface area contributed by atoms with Gasteiger partial charge in [0.2, 0.25) is 0 Å². The molecule has 2 aromatic carbocycles. The van der Waals surface area contributed by atoms with Gasteiger partial charge in [-0.1, -0.05) is 6.07 Å². The lowest BCUT2D eigenvalue weighted by Gasteiger charge is -2.37. The van der Waals surface area contributed by atoms with E-state index in [1.807, 2.05) is 37.4 Å². The summed E-state index contributed by atoms with van der Waals surface area (Å²) in [6.07, 6.45) is 0. The summed E-state index contributed by atoms with van der Waals surface area (Å²) < 4.78 is 5.17. The number of carbonyl (C=O) groups excluding carboxylic acids is 3. The molecule has 2 N–H and O–H groups in total. The number of hydrogen-bond donors (Lipinski definition) is 2. The van der Waals surface area contributed by atoms with Gasteiger partial charge in [0, 0.05) is 56.3 Å². The van der Waals surface area contributed by atoms with Crippen LogP contribution in [0, 0.1) is 0 Å². The van der Waals surface area contributed by atoms with Crippen molar-refractivity contribution >= 4 is 46.2 Å². The van der Waals surface area contributed by atoms with Crippen LogP contribution in [0.1, 0.15) is 33.9 Å². The lowest BCUT2D eigenvalue weighted by atomic mass is 10.1. The van der Waals surface area contributed by atoms with Crippen LogP contribution in [0.4, 0.5) is 21.9 Å². The quantitative estimate of drug-likeness (QED) is 0.430. The first-order chi connectivity index (χ1) is 18.4. The summed E-state index contributed by atoms with van der Waals surface area (Å²) in [5.74, 6) is 0.436. The van der Waals surface area contributed by atoms with Gasteiger partial charge in [-0.25, -0.2) is 4.79 Å². The van der Waals surface area contributed by atoms with Crippen LogP contribution in [-0.4, -0.2) is 74.0 Å². The van der Waals surface area contributed by atoms with Crippen LogP contribution in [0.25, 0.3) is 0 Å². The zero-order valence-electron chi connectivity index (χ0n) is 21.9. The van der Waals surface area contributed by atoms with E-state index >= 15 is 0 Å². The highest BCUT2D eigenvalue weighted by Gasteiger charge is 2.26. The number of nitrogens with one attached hydrogen (secondary N) is 2. The maximum absolute atomic E-state index is 13.5. The van der Waals surface area contributed by atoms with Crippen molar-refractivity contribution in [3.63, 3.8) is 0 Å². The molecular weight excluding hydrogens is 502 g/mol. The predicted octanol–water partition coefficient (Wildman–Crippen LogP) is 4.85. The number of rotatable bonds is 8. The van der Waals surface area contributed by atoms with Crippen molar-refractivity contribution in [2.75, 3.05) is 61.9 Å². The maximum atomic E-state index is 13.5. The molecule has 2 heterocycles. The summed E-state index contributed by atoms with van der Waals surface area (Å²) in [6.45, 7) is 7.24. The molecule has 0 unspecified atom stereocenters. The number of anilines is 3. The molecule has 200 valence electrons. The lowest BCUT2D eigenvalue weighted by Crippen LogP contribution is -2.50. The van der Waals surface area contributed by atoms with Crippen molar-refractivity contribution in [1.29, 1.82) is 0 Å². The minimum absolute atomic E-state index is 0.0862. The second kappa shape index (κ2) is 12.5. The number of thiophene rings is 1. The van der Waals surface area contributed by atoms with Crippen LogP contribution in [-0.2, 0) is 0 Å². The average molecular weight is 536 g/mol. The second-order valence-corrected chi connectivity index (χ2v) is 9.72. The summed E-state index contributed by atoms with van der Waals surface area (Å²) in [5.41, 5.74) is 2.60. The minimum Gasteiger partial charge on any atom is -0.497 e. The molecule has 0 bridgehead atoms. The number of piperazine rings is 1. The molecule has 3 aromatic rings. The molecule has 0 radical (unpaired) electrons. The van der Waals surface area contributed by atoms with E-state index in [0.29, 0.717) is 61.1 Å². The number of hydrogen-bond acceptors (Lipinski definition) is 6. The predicted molar refractivity (Wildman–Crippen MR) is 152 cm³/mol. The molecule has 1 aliphatic heterocycles. The van der Waals surface area contributed by atoms with Crippen LogP contribution in [0.2, 0.25) is 0 Å². The van der Waals surface area contributed by atoms with Crippen LogP contribution in [0.5, 0.6) is 5.75 Å². The fourth-order valence-electron chi connectivity index (χ4n) is 4.37. The molecule has 4 amide bonds. The largest absolute Gasteiger partial charge is 0.497 e. The van der Waals surface area contributed by atoms with E-state index in [1.54, 1.807) is 53.3 Å². The number of amides is 4. The number of urea groups is 1. The highest BCUT2D eigenvalue weighted by atomic mass is 32.1. The number of benzene rings is 2. The van der Waals surface area contributed by atoms with E-state index in [4.69, 9.17) is 4.74 Å². The van der Waals surface area contributed by atoms with Crippen molar-refractivity contribution in [3.8, 4) is 5.75 Å². The molecule has 1 saturated heterocycles. The molecule has 0 aliphatic carbocycles. The monoisotopic (exact) mass is 535 g/mol. The molecule has 10 heteroatoms. The standard InChI is InChI=1S/C28H33N5O4S/c1-4-31(5-2)27(35)23-19-21(29-26(34)25-7-6-18-38-25)10-13-24(23)32-14-16-33(17-15-32)28(36)30-20-8-11-22(37-3)12-9-20/h6-13,18-19H,4-5,14-17H2,1-3H3,(H,29,34)(H,30,36). The van der Waals surface area contributed by atoms with Gasteiger partial charge in [0.25, 0.3) is 11.8 Å². The van der Waals surface area contributed by atoms with Gasteiger partial charge in [-0.15, -0.1) is 11.3 Å². The maximum Gasteiger partial charge on any atom is 0.321 e. The number of carbonyl (C=O) groups is 3. The van der Waals surface area contributed by atoms with Gasteiger partial charge in [-0.2, -0.15) is 0 Å². The van der Waals surface area contributed by atoms with Crippen molar-refractivity contribution in [2.24, 2.45) is 0 Å². The van der Waals surface area contributed by atoms with Crippen molar-refractivity contribution < 1.29 is 19.1 Å². The van der Waals surface area contributed by atoms with E-state index in [1.165, 1.54) is 11.3 Å². The molecule has 0 spiro atoms. The third-order valence-corrected chi connectivity index (χ3v) is 7.40. The summed E-state index contributed by atoms with van der Waals surface area (Å²) >= 11 is 1.36. The summed E-state index contributed by atoms with van der Waals surface area (Å²) in [7, 11) is 1.60. The average Bonchev–Trinajstić information content (AvgIpc) is 3.50. The first-order valence-corrected chi connectivity index (χ1v) is 13.5. The highest BCUT2D eigenvalue weighted by molar-refractivity contribution is 7.12. The van der Waals surface area contributed by atoms with Crippen LogP contribution in [0.15, 0.2) is 60.0 Å². The van der Waals surface area contributed by atoms with E-state index < -0.39 is 0 Å². The highest BCUT2D eigenvalue weighted by Crippen LogP contribution is 2.28. The summed E-state index contributed by atoms with van der Waals surface area (Å²) in [6, 6.07) is 16.1. The smallest absolute Gasteiger partial charge is 0.321 e. The zero-order chi connectivity index (χ0) is 27.1. The Morgan fingerprint density at radius 3 is 2.21 bits per heavy atom. The molecule has 4 rings (SSSR count). The third kappa shape index (κ3) is 6.25. The second-order valence-electron chi connectivity index (χ2n) is 8.77. The lowest BCUT2D eigenvalue weighted by molar-refractivity contribution is 0.0773. The Kier molecular flexibility index (Phi) is 8.85. The molecule has 1 aromatic heterocycles. The van der Waals surface area contributed by atoms with Gasteiger partial charge >= 0.3 is 6.03 Å². The Labute approximate surface area is 227 Å². The molecule has 0 saturated carbocycles. The molecule has 9 nitrogen and oxygen atoms in total. The van der Waals surface area contributed by atoms with Crippen LogP contribution in [0.3, 0.4) is 0 Å². The SMILES string of the molecule is CCN(CC)C(=O)c1cc(NC(=O)c2cccs2)ccc1N1CCN(C(=O)Nc2ccc(OC)cc2)CC1. The van der Waals surface area contributed by atoms with Gasteiger partial charge in [-0.3, -0.25) is 9.59 Å².